The summed E-state index contributed by atoms with van der Waals surface area (Å²) in [5.41, 5.74) is 8.65. The van der Waals surface area contributed by atoms with Crippen molar-refractivity contribution in [1.82, 2.24) is 5.32 Å². The van der Waals surface area contributed by atoms with E-state index in [4.69, 9.17) is 15.6 Å². The number of nitrogens with two attached hydrogens (primary N) is 1. The van der Waals surface area contributed by atoms with Gasteiger partial charge in [-0.1, -0.05) is 26.0 Å². The maximum atomic E-state index is 11.3. The van der Waals surface area contributed by atoms with Crippen LogP contribution >= 0.6 is 11.3 Å². The molecule has 0 aliphatic heterocycles. The minimum atomic E-state index is -5.08. The van der Waals surface area contributed by atoms with Gasteiger partial charge >= 0.3 is 12.1 Å². The Bertz CT molecular complexity index is 899. The van der Waals surface area contributed by atoms with E-state index in [0.29, 0.717) is 17.0 Å². The molecule has 3 rings (SSSR count). The van der Waals surface area contributed by atoms with Gasteiger partial charge in [-0.3, -0.25) is 4.79 Å². The highest BCUT2D eigenvalue weighted by Crippen LogP contribution is 2.35. The molecule has 0 unspecified atom stereocenters. The van der Waals surface area contributed by atoms with Crippen molar-refractivity contribution >= 4 is 23.2 Å². The highest BCUT2D eigenvalue weighted by Gasteiger charge is 2.38. The molecule has 0 atom stereocenters. The monoisotopic (exact) mass is 456 g/mol. The number of thiophene rings is 1. The number of rotatable bonds is 5. The number of aliphatic carboxylic acids is 1. The molecule has 1 aliphatic rings. The molecule has 5 nitrogen and oxygen atoms in total. The van der Waals surface area contributed by atoms with Crippen LogP contribution in [-0.2, 0) is 11.3 Å². The minimum absolute atomic E-state index is 0.380. The molecule has 1 amide bonds. The van der Waals surface area contributed by atoms with Crippen LogP contribution in [0.3, 0.4) is 0 Å². The Kier molecular flexibility index (Phi) is 8.25. The van der Waals surface area contributed by atoms with Crippen LogP contribution in [0.5, 0.6) is 0 Å². The zero-order valence-electron chi connectivity index (χ0n) is 17.5. The van der Waals surface area contributed by atoms with Gasteiger partial charge in [0.1, 0.15) is 0 Å². The maximum Gasteiger partial charge on any atom is 0.490 e. The average Bonchev–Trinajstić information content (AvgIpc) is 3.16. The van der Waals surface area contributed by atoms with Crippen molar-refractivity contribution in [1.29, 1.82) is 0 Å². The smallest absolute Gasteiger partial charge is 0.475 e. The fraction of sp³-hybridized carbons (Fsp3) is 0.455. The Morgan fingerprint density at radius 3 is 2.35 bits per heavy atom. The van der Waals surface area contributed by atoms with Gasteiger partial charge in [0.25, 0.3) is 0 Å². The Balaban J connectivity index is 0.000000423. The second-order valence-electron chi connectivity index (χ2n) is 8.37. The fourth-order valence-corrected chi connectivity index (χ4v) is 4.17. The number of primary amides is 1. The van der Waals surface area contributed by atoms with E-state index in [9.17, 15) is 18.0 Å². The molecule has 0 saturated heterocycles. The largest absolute Gasteiger partial charge is 0.490 e. The number of carbonyl (C=O) groups is 2. The van der Waals surface area contributed by atoms with Crippen LogP contribution in [0.1, 0.15) is 54.8 Å². The molecule has 4 N–H and O–H groups in total. The van der Waals surface area contributed by atoms with E-state index in [1.165, 1.54) is 30.6 Å². The number of alkyl halides is 3. The Morgan fingerprint density at radius 1 is 1.19 bits per heavy atom. The number of carbonyl (C=O) groups excluding carboxylic acids is 1. The number of benzene rings is 1. The number of halogens is 3. The molecule has 9 heteroatoms. The first-order valence-electron chi connectivity index (χ1n) is 9.88. The molecule has 1 aromatic carbocycles. The number of carboxylic acids is 1. The van der Waals surface area contributed by atoms with Crippen LogP contribution < -0.4 is 11.1 Å². The molecular weight excluding hydrogens is 429 g/mol. The van der Waals surface area contributed by atoms with Crippen LogP contribution in [0.15, 0.2) is 35.7 Å². The van der Waals surface area contributed by atoms with Gasteiger partial charge in [-0.2, -0.15) is 13.2 Å². The molecule has 1 aliphatic carbocycles. The highest BCUT2D eigenvalue weighted by atomic mass is 32.1. The summed E-state index contributed by atoms with van der Waals surface area (Å²) in [5.74, 6) is -3.14. The number of hydrogen-bond donors (Lipinski definition) is 3. The quantitative estimate of drug-likeness (QED) is 0.576. The second kappa shape index (κ2) is 10.3. The van der Waals surface area contributed by atoms with Crippen LogP contribution in [0.2, 0.25) is 0 Å². The Morgan fingerprint density at radius 2 is 1.81 bits per heavy atom. The molecule has 0 radical (unpaired) electrons. The molecule has 1 fully saturated rings. The molecule has 1 saturated carbocycles. The topological polar surface area (TPSA) is 92.4 Å². The van der Waals surface area contributed by atoms with E-state index < -0.39 is 12.1 Å². The normalized spacial score (nSPS) is 16.3. The van der Waals surface area contributed by atoms with Crippen LogP contribution in [0.25, 0.3) is 11.1 Å². The summed E-state index contributed by atoms with van der Waals surface area (Å²) >= 11 is 1.77. The summed E-state index contributed by atoms with van der Waals surface area (Å²) in [4.78, 5) is 21.6. The third kappa shape index (κ3) is 7.99. The molecular formula is C22H27F3N2O3S. The first-order chi connectivity index (χ1) is 14.4. The van der Waals surface area contributed by atoms with Crippen molar-refractivity contribution < 1.29 is 27.9 Å². The van der Waals surface area contributed by atoms with Crippen LogP contribution in [0, 0.1) is 5.41 Å². The summed E-state index contributed by atoms with van der Waals surface area (Å²) in [6, 6.07) is 10.4. The van der Waals surface area contributed by atoms with E-state index >= 15 is 0 Å². The molecule has 0 spiro atoms. The van der Waals surface area contributed by atoms with Gasteiger partial charge in [-0.05, 0) is 65.8 Å². The zero-order chi connectivity index (χ0) is 23.2. The number of nitrogens with one attached hydrogen (secondary N) is 1. The predicted molar refractivity (Wildman–Crippen MR) is 115 cm³/mol. The van der Waals surface area contributed by atoms with Crippen LogP contribution in [-0.4, -0.2) is 29.2 Å². The summed E-state index contributed by atoms with van der Waals surface area (Å²) in [6.07, 6.45) is 0.0678. The Hall–Kier alpha value is -2.39. The molecule has 0 bridgehead atoms. The van der Waals surface area contributed by atoms with Gasteiger partial charge in [0, 0.05) is 23.0 Å². The van der Waals surface area contributed by atoms with E-state index in [1.54, 1.807) is 17.4 Å². The maximum absolute atomic E-state index is 11.3. The minimum Gasteiger partial charge on any atom is -0.475 e. The van der Waals surface area contributed by atoms with Crippen molar-refractivity contribution in [2.24, 2.45) is 11.1 Å². The van der Waals surface area contributed by atoms with Gasteiger partial charge in [0.05, 0.1) is 0 Å². The lowest BCUT2D eigenvalue weighted by Gasteiger charge is -2.34. The van der Waals surface area contributed by atoms with Crippen molar-refractivity contribution in [2.45, 2.75) is 58.3 Å². The number of carboxylic acid groups (broad SMARTS) is 1. The summed E-state index contributed by atoms with van der Waals surface area (Å²) in [7, 11) is 0. The third-order valence-electron chi connectivity index (χ3n) is 5.28. The van der Waals surface area contributed by atoms with E-state index in [2.05, 4.69) is 30.6 Å². The molecule has 31 heavy (non-hydrogen) atoms. The third-order valence-corrected chi connectivity index (χ3v) is 6.22. The zero-order valence-corrected chi connectivity index (χ0v) is 18.3. The predicted octanol–water partition coefficient (Wildman–Crippen LogP) is 5.21. The van der Waals surface area contributed by atoms with Gasteiger partial charge in [0.2, 0.25) is 5.91 Å². The van der Waals surface area contributed by atoms with Gasteiger partial charge in [-0.25, -0.2) is 4.79 Å². The summed E-state index contributed by atoms with van der Waals surface area (Å²) in [5, 5.41) is 13.0. The van der Waals surface area contributed by atoms with Crippen molar-refractivity contribution in [3.8, 4) is 11.1 Å². The number of hydrogen-bond acceptors (Lipinski definition) is 4. The summed E-state index contributed by atoms with van der Waals surface area (Å²) < 4.78 is 31.7. The molecule has 2 aromatic rings. The SMILES string of the molecule is CC1(C)CCC(NCc2cc(-c3cccc(C(N)=O)c3)cs2)CC1.O=C(O)C(F)(F)F. The Labute approximate surface area is 183 Å². The first-order valence-corrected chi connectivity index (χ1v) is 10.8. The molecule has 1 aromatic heterocycles. The average molecular weight is 457 g/mol. The van der Waals surface area contributed by atoms with Crippen molar-refractivity contribution in [3.05, 3.63) is 46.2 Å². The second-order valence-corrected chi connectivity index (χ2v) is 9.36. The lowest BCUT2D eigenvalue weighted by Crippen LogP contribution is -2.34. The lowest BCUT2D eigenvalue weighted by atomic mass is 9.75. The molecule has 170 valence electrons. The standard InChI is InChI=1S/C20H26N2OS.C2HF3O2/c1-20(2)8-6-17(7-9-20)22-12-18-11-16(13-24-18)14-4-3-5-15(10-14)19(21)23;3-2(4,5)1(6)7/h3-5,10-11,13,17,22H,6-9,12H2,1-2H3,(H2,21,23);(H,6,7). The first kappa shape index (κ1) is 24.9. The van der Waals surface area contributed by atoms with Gasteiger partial charge in [-0.15, -0.1) is 11.3 Å². The van der Waals surface area contributed by atoms with E-state index in [0.717, 1.165) is 17.7 Å². The van der Waals surface area contributed by atoms with Crippen LogP contribution in [0.4, 0.5) is 13.2 Å². The van der Waals surface area contributed by atoms with E-state index in [1.807, 2.05) is 18.2 Å². The highest BCUT2D eigenvalue weighted by molar-refractivity contribution is 7.10. The number of amides is 1. The lowest BCUT2D eigenvalue weighted by molar-refractivity contribution is -0.192. The van der Waals surface area contributed by atoms with Crippen molar-refractivity contribution in [3.63, 3.8) is 0 Å². The van der Waals surface area contributed by atoms with Gasteiger partial charge < -0.3 is 16.2 Å². The van der Waals surface area contributed by atoms with Crippen molar-refractivity contribution in [2.75, 3.05) is 0 Å². The summed E-state index contributed by atoms with van der Waals surface area (Å²) in [6.45, 7) is 5.66. The van der Waals surface area contributed by atoms with E-state index in [-0.39, 0.29) is 5.91 Å². The van der Waals surface area contributed by atoms with Gasteiger partial charge in [0.15, 0.2) is 0 Å². The molecule has 1 heterocycles. The fourth-order valence-electron chi connectivity index (χ4n) is 3.33.